The van der Waals surface area contributed by atoms with E-state index in [1.165, 1.54) is 0 Å². The average Bonchev–Trinajstić information content (AvgIpc) is 2.56. The number of benzene rings is 1. The Morgan fingerprint density at radius 3 is 2.41 bits per heavy atom. The van der Waals surface area contributed by atoms with Gasteiger partial charge in [0, 0.05) is 19.0 Å². The number of halogens is 3. The highest BCUT2D eigenvalue weighted by Gasteiger charge is 2.31. The molecule has 2 N–H and O–H groups in total. The second-order valence-electron chi connectivity index (χ2n) is 6.60. The van der Waals surface area contributed by atoms with Gasteiger partial charge in [0.25, 0.3) is 0 Å². The summed E-state index contributed by atoms with van der Waals surface area (Å²) in [5, 5.41) is 2.93. The molecule has 2 atom stereocenters. The van der Waals surface area contributed by atoms with E-state index in [0.29, 0.717) is 5.92 Å². The number of ether oxygens (including phenoxy) is 1. The molecule has 0 aliphatic heterocycles. The molecule has 1 amide bonds. The van der Waals surface area contributed by atoms with Crippen molar-refractivity contribution >= 4 is 15.9 Å². The maximum absolute atomic E-state index is 12.1. The molecular weight excluding hydrogens is 385 g/mol. The van der Waals surface area contributed by atoms with E-state index in [0.717, 1.165) is 49.9 Å². The fourth-order valence-corrected chi connectivity index (χ4v) is 4.04. The highest BCUT2D eigenvalue weighted by molar-refractivity contribution is 7.89. The monoisotopic (exact) mass is 408 g/mol. The third-order valence-electron chi connectivity index (χ3n) is 4.47. The van der Waals surface area contributed by atoms with Gasteiger partial charge in [-0.05, 0) is 43.0 Å². The van der Waals surface area contributed by atoms with Crippen molar-refractivity contribution in [2.24, 2.45) is 5.92 Å². The van der Waals surface area contributed by atoms with Crippen LogP contribution in [0.2, 0.25) is 0 Å². The van der Waals surface area contributed by atoms with Gasteiger partial charge in [0.15, 0.2) is 0 Å². The molecule has 2 rings (SSSR count). The summed E-state index contributed by atoms with van der Waals surface area (Å²) in [6, 6.07) is 3.96. The summed E-state index contributed by atoms with van der Waals surface area (Å²) in [5.41, 5.74) is 0. The Morgan fingerprint density at radius 1 is 1.19 bits per heavy atom. The van der Waals surface area contributed by atoms with Gasteiger partial charge in [-0.3, -0.25) is 4.79 Å². The standard InChI is InChI=1S/C17H23F3N2O4S/c1-12-4-2-3-5-15(12)22-16(23)10-11-21-27(24,25)14-8-6-13(7-9-14)26-17(18,19)20/h6-9,12,15,21H,2-5,10-11H2,1H3,(H,22,23). The Labute approximate surface area is 156 Å². The molecule has 152 valence electrons. The molecule has 2 unspecified atom stereocenters. The fourth-order valence-electron chi connectivity index (χ4n) is 3.01. The maximum Gasteiger partial charge on any atom is 0.573 e. The number of amides is 1. The van der Waals surface area contributed by atoms with Crippen molar-refractivity contribution in [2.75, 3.05) is 6.54 Å². The molecule has 0 bridgehead atoms. The quantitative estimate of drug-likeness (QED) is 0.727. The van der Waals surface area contributed by atoms with Crippen LogP contribution < -0.4 is 14.8 Å². The third-order valence-corrected chi connectivity index (χ3v) is 5.95. The summed E-state index contributed by atoms with van der Waals surface area (Å²) < 4.78 is 66.6. The van der Waals surface area contributed by atoms with E-state index in [4.69, 9.17) is 0 Å². The van der Waals surface area contributed by atoms with Crippen LogP contribution in [0.25, 0.3) is 0 Å². The largest absolute Gasteiger partial charge is 0.573 e. The normalized spacial score (nSPS) is 20.9. The number of hydrogen-bond donors (Lipinski definition) is 2. The number of alkyl halides is 3. The van der Waals surface area contributed by atoms with Crippen LogP contribution in [0.4, 0.5) is 13.2 Å². The van der Waals surface area contributed by atoms with Crippen LogP contribution in [-0.4, -0.2) is 33.3 Å². The SMILES string of the molecule is CC1CCCCC1NC(=O)CCNS(=O)(=O)c1ccc(OC(F)(F)F)cc1. The van der Waals surface area contributed by atoms with Crippen LogP contribution in [0.5, 0.6) is 5.75 Å². The molecule has 0 saturated heterocycles. The minimum absolute atomic E-state index is 0.0162. The van der Waals surface area contributed by atoms with Gasteiger partial charge in [-0.1, -0.05) is 19.8 Å². The molecule has 1 fully saturated rings. The summed E-state index contributed by atoms with van der Waals surface area (Å²) in [6.07, 6.45) is -0.660. The van der Waals surface area contributed by atoms with Gasteiger partial charge in [0.2, 0.25) is 15.9 Å². The number of sulfonamides is 1. The summed E-state index contributed by atoms with van der Waals surface area (Å²) in [5.74, 6) is -0.343. The number of rotatable bonds is 7. The minimum Gasteiger partial charge on any atom is -0.406 e. The van der Waals surface area contributed by atoms with Crippen LogP contribution in [0, 0.1) is 5.92 Å². The van der Waals surface area contributed by atoms with E-state index in [1.807, 2.05) is 0 Å². The van der Waals surface area contributed by atoms with Crippen LogP contribution in [-0.2, 0) is 14.8 Å². The minimum atomic E-state index is -4.85. The first-order valence-electron chi connectivity index (χ1n) is 8.72. The molecule has 1 aliphatic carbocycles. The lowest BCUT2D eigenvalue weighted by atomic mass is 9.86. The molecule has 0 aromatic heterocycles. The Hall–Kier alpha value is -1.81. The molecule has 1 aromatic rings. The van der Waals surface area contributed by atoms with Crippen molar-refractivity contribution in [3.05, 3.63) is 24.3 Å². The van der Waals surface area contributed by atoms with Crippen LogP contribution >= 0.6 is 0 Å². The lowest BCUT2D eigenvalue weighted by molar-refractivity contribution is -0.274. The molecule has 6 nitrogen and oxygen atoms in total. The first-order chi connectivity index (χ1) is 12.6. The van der Waals surface area contributed by atoms with E-state index in [2.05, 4.69) is 21.7 Å². The summed E-state index contributed by atoms with van der Waals surface area (Å²) in [6.45, 7) is 1.98. The zero-order valence-corrected chi connectivity index (χ0v) is 15.7. The molecule has 1 saturated carbocycles. The van der Waals surface area contributed by atoms with Crippen molar-refractivity contribution in [1.82, 2.24) is 10.0 Å². The number of hydrogen-bond acceptors (Lipinski definition) is 4. The van der Waals surface area contributed by atoms with Crippen molar-refractivity contribution < 1.29 is 31.1 Å². The zero-order valence-electron chi connectivity index (χ0n) is 14.9. The van der Waals surface area contributed by atoms with Gasteiger partial charge in [0.1, 0.15) is 5.75 Å². The van der Waals surface area contributed by atoms with Gasteiger partial charge in [0.05, 0.1) is 4.90 Å². The Kier molecular flexibility index (Phi) is 7.10. The summed E-state index contributed by atoms with van der Waals surface area (Å²) >= 11 is 0. The first kappa shape index (κ1) is 21.5. The molecule has 10 heteroatoms. The molecule has 0 heterocycles. The van der Waals surface area contributed by atoms with Crippen molar-refractivity contribution in [1.29, 1.82) is 0 Å². The summed E-state index contributed by atoms with van der Waals surface area (Å²) in [7, 11) is -3.93. The molecule has 1 aliphatic rings. The second-order valence-corrected chi connectivity index (χ2v) is 8.37. The number of nitrogens with one attached hydrogen (secondary N) is 2. The van der Waals surface area contributed by atoms with Crippen molar-refractivity contribution in [3.63, 3.8) is 0 Å². The average molecular weight is 408 g/mol. The Bertz CT molecular complexity index is 736. The Balaban J connectivity index is 1.82. The smallest absolute Gasteiger partial charge is 0.406 e. The van der Waals surface area contributed by atoms with Crippen molar-refractivity contribution in [2.45, 2.75) is 56.3 Å². The molecule has 0 spiro atoms. The number of carbonyl (C=O) groups is 1. The van der Waals surface area contributed by atoms with Gasteiger partial charge in [-0.2, -0.15) is 0 Å². The predicted molar refractivity (Wildman–Crippen MR) is 92.5 cm³/mol. The summed E-state index contributed by atoms with van der Waals surface area (Å²) in [4.78, 5) is 11.8. The van der Waals surface area contributed by atoms with Crippen molar-refractivity contribution in [3.8, 4) is 5.75 Å². The van der Waals surface area contributed by atoms with Crippen LogP contribution in [0.1, 0.15) is 39.0 Å². The topological polar surface area (TPSA) is 84.5 Å². The highest BCUT2D eigenvalue weighted by Crippen LogP contribution is 2.24. The lowest BCUT2D eigenvalue weighted by Gasteiger charge is -2.29. The van der Waals surface area contributed by atoms with E-state index < -0.39 is 22.1 Å². The third kappa shape index (κ3) is 7.02. The van der Waals surface area contributed by atoms with E-state index >= 15 is 0 Å². The molecular formula is C17H23F3N2O4S. The Morgan fingerprint density at radius 2 is 1.81 bits per heavy atom. The van der Waals surface area contributed by atoms with Gasteiger partial charge >= 0.3 is 6.36 Å². The predicted octanol–water partition coefficient (Wildman–Crippen LogP) is 2.95. The van der Waals surface area contributed by atoms with E-state index in [1.54, 1.807) is 0 Å². The first-order valence-corrected chi connectivity index (χ1v) is 10.2. The zero-order chi connectivity index (χ0) is 20.1. The lowest BCUT2D eigenvalue weighted by Crippen LogP contribution is -2.42. The van der Waals surface area contributed by atoms with Crippen LogP contribution in [0.15, 0.2) is 29.2 Å². The van der Waals surface area contributed by atoms with Crippen LogP contribution in [0.3, 0.4) is 0 Å². The molecule has 0 radical (unpaired) electrons. The van der Waals surface area contributed by atoms with Gasteiger partial charge in [-0.15, -0.1) is 13.2 Å². The van der Waals surface area contributed by atoms with Gasteiger partial charge in [-0.25, -0.2) is 13.1 Å². The molecule has 27 heavy (non-hydrogen) atoms. The van der Waals surface area contributed by atoms with E-state index in [-0.39, 0.29) is 29.8 Å². The fraction of sp³-hybridized carbons (Fsp3) is 0.588. The number of carbonyl (C=O) groups excluding carboxylic acids is 1. The molecule has 1 aromatic carbocycles. The highest BCUT2D eigenvalue weighted by atomic mass is 32.2. The van der Waals surface area contributed by atoms with Gasteiger partial charge < -0.3 is 10.1 Å². The maximum atomic E-state index is 12.1. The second kappa shape index (κ2) is 8.92. The van der Waals surface area contributed by atoms with E-state index in [9.17, 15) is 26.4 Å².